The average Bonchev–Trinajstić information content (AvgIpc) is 2.46. The van der Waals surface area contributed by atoms with Crippen molar-refractivity contribution >= 4 is 17.4 Å². The van der Waals surface area contributed by atoms with E-state index in [4.69, 9.17) is 17.3 Å². The van der Waals surface area contributed by atoms with Gasteiger partial charge in [0, 0.05) is 25.3 Å². The number of nitrogens with two attached hydrogens (primary N) is 1. The van der Waals surface area contributed by atoms with Gasteiger partial charge in [-0.1, -0.05) is 30.9 Å². The van der Waals surface area contributed by atoms with Crippen LogP contribution in [0.4, 0.5) is 5.82 Å². The second-order valence-corrected chi connectivity index (χ2v) is 5.40. The van der Waals surface area contributed by atoms with Gasteiger partial charge in [-0.25, -0.2) is 4.98 Å². The van der Waals surface area contributed by atoms with Crippen LogP contribution in [0.25, 0.3) is 0 Å². The zero-order valence-corrected chi connectivity index (χ0v) is 11.9. The van der Waals surface area contributed by atoms with E-state index in [-0.39, 0.29) is 6.61 Å². The number of aliphatic hydroxyl groups excluding tert-OH is 1. The summed E-state index contributed by atoms with van der Waals surface area (Å²) in [5, 5.41) is 9.94. The Morgan fingerprint density at radius 3 is 2.74 bits per heavy atom. The van der Waals surface area contributed by atoms with E-state index in [2.05, 4.69) is 9.88 Å². The van der Waals surface area contributed by atoms with Gasteiger partial charge in [0.15, 0.2) is 0 Å². The van der Waals surface area contributed by atoms with E-state index >= 15 is 0 Å². The maximum absolute atomic E-state index is 9.31. The molecule has 0 aromatic carbocycles. The molecule has 1 fully saturated rings. The fraction of sp³-hybridized carbons (Fsp3) is 0.643. The second-order valence-electron chi connectivity index (χ2n) is 5.02. The molecular weight excluding hydrogens is 262 g/mol. The summed E-state index contributed by atoms with van der Waals surface area (Å²) in [6.45, 7) is 1.10. The molecule has 5 heteroatoms. The zero-order valence-electron chi connectivity index (χ0n) is 11.2. The van der Waals surface area contributed by atoms with Gasteiger partial charge in [0.2, 0.25) is 0 Å². The molecule has 0 radical (unpaired) electrons. The van der Waals surface area contributed by atoms with E-state index in [1.165, 1.54) is 19.3 Å². The van der Waals surface area contributed by atoms with E-state index in [0.717, 1.165) is 24.2 Å². The molecule has 1 aliphatic carbocycles. The molecule has 4 nitrogen and oxygen atoms in total. The number of anilines is 1. The minimum absolute atomic E-state index is 0.112. The first kappa shape index (κ1) is 14.6. The summed E-state index contributed by atoms with van der Waals surface area (Å²) in [6, 6.07) is 2.28. The maximum atomic E-state index is 9.31. The van der Waals surface area contributed by atoms with Gasteiger partial charge < -0.3 is 15.7 Å². The third-order valence-corrected chi connectivity index (χ3v) is 4.21. The summed E-state index contributed by atoms with van der Waals surface area (Å²) in [6.07, 6.45) is 7.81. The standard InChI is InChI=1S/C14H22ClN3O/c15-13-11(10-16)6-7-17-14(13)18(8-9-19)12-4-2-1-3-5-12/h6-7,12,19H,1-5,8-10,16H2. The van der Waals surface area contributed by atoms with Crippen molar-refractivity contribution in [2.45, 2.75) is 44.7 Å². The van der Waals surface area contributed by atoms with Crippen LogP contribution in [-0.4, -0.2) is 29.3 Å². The molecule has 0 atom stereocenters. The van der Waals surface area contributed by atoms with Crippen molar-refractivity contribution in [2.24, 2.45) is 5.73 Å². The molecule has 0 bridgehead atoms. The lowest BCUT2D eigenvalue weighted by Crippen LogP contribution is -2.39. The largest absolute Gasteiger partial charge is 0.395 e. The van der Waals surface area contributed by atoms with Crippen LogP contribution in [0.2, 0.25) is 5.02 Å². The van der Waals surface area contributed by atoms with Gasteiger partial charge in [-0.2, -0.15) is 0 Å². The van der Waals surface area contributed by atoms with Gasteiger partial charge in [0.25, 0.3) is 0 Å². The highest BCUT2D eigenvalue weighted by atomic mass is 35.5. The molecule has 2 rings (SSSR count). The fourth-order valence-electron chi connectivity index (χ4n) is 2.79. The molecule has 106 valence electrons. The molecule has 0 unspecified atom stereocenters. The predicted octanol–water partition coefficient (Wildman–Crippen LogP) is 2.33. The SMILES string of the molecule is NCc1ccnc(N(CCO)C2CCCCC2)c1Cl. The van der Waals surface area contributed by atoms with Gasteiger partial charge in [-0.15, -0.1) is 0 Å². The Labute approximate surface area is 119 Å². The van der Waals surface area contributed by atoms with Crippen LogP contribution in [0.5, 0.6) is 0 Å². The normalized spacial score (nSPS) is 16.6. The van der Waals surface area contributed by atoms with E-state index in [1.54, 1.807) is 6.20 Å². The number of halogens is 1. The van der Waals surface area contributed by atoms with Crippen LogP contribution in [0.15, 0.2) is 12.3 Å². The highest BCUT2D eigenvalue weighted by Crippen LogP contribution is 2.32. The summed E-state index contributed by atoms with van der Waals surface area (Å²) in [5.41, 5.74) is 6.60. The second kappa shape index (κ2) is 7.08. The molecule has 1 saturated carbocycles. The van der Waals surface area contributed by atoms with Crippen LogP contribution in [-0.2, 0) is 6.54 Å². The van der Waals surface area contributed by atoms with E-state index in [1.807, 2.05) is 6.07 Å². The Bertz CT molecular complexity index is 408. The number of aliphatic hydroxyl groups is 1. The van der Waals surface area contributed by atoms with Gasteiger partial charge in [-0.3, -0.25) is 0 Å². The molecule has 1 aromatic heterocycles. The smallest absolute Gasteiger partial charge is 0.148 e. The molecule has 0 aliphatic heterocycles. The third-order valence-electron chi connectivity index (χ3n) is 3.80. The number of hydrogen-bond acceptors (Lipinski definition) is 4. The first-order valence-electron chi connectivity index (χ1n) is 6.99. The predicted molar refractivity (Wildman–Crippen MR) is 78.4 cm³/mol. The van der Waals surface area contributed by atoms with E-state index in [9.17, 15) is 5.11 Å². The Morgan fingerprint density at radius 1 is 1.37 bits per heavy atom. The lowest BCUT2D eigenvalue weighted by atomic mass is 9.94. The van der Waals surface area contributed by atoms with Crippen LogP contribution >= 0.6 is 11.6 Å². The molecule has 1 aromatic rings. The molecule has 3 N–H and O–H groups in total. The molecule has 0 amide bonds. The summed E-state index contributed by atoms with van der Waals surface area (Å²) in [4.78, 5) is 6.56. The average molecular weight is 284 g/mol. The number of rotatable bonds is 5. The number of pyridine rings is 1. The monoisotopic (exact) mass is 283 g/mol. The first-order valence-corrected chi connectivity index (χ1v) is 7.36. The van der Waals surface area contributed by atoms with Gasteiger partial charge in [0.05, 0.1) is 11.6 Å². The van der Waals surface area contributed by atoms with Crippen molar-refractivity contribution in [3.8, 4) is 0 Å². The summed E-state index contributed by atoms with van der Waals surface area (Å²) < 4.78 is 0. The zero-order chi connectivity index (χ0) is 13.7. The Morgan fingerprint density at radius 2 is 2.11 bits per heavy atom. The lowest BCUT2D eigenvalue weighted by molar-refractivity contribution is 0.289. The number of aromatic nitrogens is 1. The third kappa shape index (κ3) is 3.38. The minimum atomic E-state index is 0.112. The summed E-state index contributed by atoms with van der Waals surface area (Å²) in [5.74, 6) is 0.769. The van der Waals surface area contributed by atoms with Crippen LogP contribution < -0.4 is 10.6 Å². The van der Waals surface area contributed by atoms with E-state index < -0.39 is 0 Å². The Hall–Kier alpha value is -0.840. The van der Waals surface area contributed by atoms with Crippen molar-refractivity contribution in [1.29, 1.82) is 0 Å². The van der Waals surface area contributed by atoms with Crippen LogP contribution in [0.1, 0.15) is 37.7 Å². The highest BCUT2D eigenvalue weighted by molar-refractivity contribution is 6.33. The minimum Gasteiger partial charge on any atom is -0.395 e. The number of nitrogens with zero attached hydrogens (tertiary/aromatic N) is 2. The lowest BCUT2D eigenvalue weighted by Gasteiger charge is -2.35. The topological polar surface area (TPSA) is 62.4 Å². The van der Waals surface area contributed by atoms with Crippen molar-refractivity contribution in [3.05, 3.63) is 22.8 Å². The molecule has 19 heavy (non-hydrogen) atoms. The first-order chi connectivity index (χ1) is 9.27. The van der Waals surface area contributed by atoms with Crippen molar-refractivity contribution in [3.63, 3.8) is 0 Å². The van der Waals surface area contributed by atoms with Crippen molar-refractivity contribution in [2.75, 3.05) is 18.1 Å². The fourth-order valence-corrected chi connectivity index (χ4v) is 3.09. The highest BCUT2D eigenvalue weighted by Gasteiger charge is 2.24. The number of hydrogen-bond donors (Lipinski definition) is 2. The van der Waals surface area contributed by atoms with Crippen LogP contribution in [0, 0.1) is 0 Å². The molecule has 1 aliphatic rings. The summed E-state index contributed by atoms with van der Waals surface area (Å²) >= 11 is 6.39. The van der Waals surface area contributed by atoms with Gasteiger partial charge >= 0.3 is 0 Å². The van der Waals surface area contributed by atoms with Crippen molar-refractivity contribution in [1.82, 2.24) is 4.98 Å². The van der Waals surface area contributed by atoms with Gasteiger partial charge in [0.1, 0.15) is 5.82 Å². The van der Waals surface area contributed by atoms with Crippen LogP contribution in [0.3, 0.4) is 0 Å². The Balaban J connectivity index is 2.27. The van der Waals surface area contributed by atoms with Crippen molar-refractivity contribution < 1.29 is 5.11 Å². The van der Waals surface area contributed by atoms with Gasteiger partial charge in [-0.05, 0) is 24.5 Å². The molecular formula is C14H22ClN3O. The maximum Gasteiger partial charge on any atom is 0.148 e. The quantitative estimate of drug-likeness (QED) is 0.871. The molecule has 0 spiro atoms. The Kier molecular flexibility index (Phi) is 5.43. The van der Waals surface area contributed by atoms with E-state index in [0.29, 0.717) is 24.2 Å². The summed E-state index contributed by atoms with van der Waals surface area (Å²) in [7, 11) is 0. The molecule has 1 heterocycles. The molecule has 0 saturated heterocycles.